The molecule has 3 aromatic rings. The van der Waals surface area contributed by atoms with Crippen LogP contribution in [0.1, 0.15) is 5.56 Å². The maximum absolute atomic E-state index is 13.3. The highest BCUT2D eigenvalue weighted by Crippen LogP contribution is 2.36. The molecule has 0 spiro atoms. The Morgan fingerprint density at radius 2 is 1.76 bits per heavy atom. The summed E-state index contributed by atoms with van der Waals surface area (Å²) in [6.07, 6.45) is -1.07. The van der Waals surface area contributed by atoms with E-state index in [4.69, 9.17) is 14.2 Å². The zero-order valence-corrected chi connectivity index (χ0v) is 19.0. The van der Waals surface area contributed by atoms with Gasteiger partial charge in [-0.25, -0.2) is 8.42 Å². The zero-order chi connectivity index (χ0) is 23.4. The molecule has 0 aromatic heterocycles. The Balaban J connectivity index is 1.62. The van der Waals surface area contributed by atoms with E-state index < -0.39 is 22.0 Å². The number of ether oxygens (including phenoxy) is 3. The molecular formula is C24H24N2O6S. The van der Waals surface area contributed by atoms with Crippen molar-refractivity contribution in [1.29, 1.82) is 0 Å². The molecule has 8 nitrogen and oxygen atoms in total. The second kappa shape index (κ2) is 9.41. The van der Waals surface area contributed by atoms with E-state index in [1.165, 1.54) is 18.5 Å². The summed E-state index contributed by atoms with van der Waals surface area (Å²) in [4.78, 5) is 13.1. The van der Waals surface area contributed by atoms with Crippen LogP contribution in [0.3, 0.4) is 0 Å². The van der Waals surface area contributed by atoms with Crippen LogP contribution < -0.4 is 23.8 Å². The third kappa shape index (κ3) is 4.88. The van der Waals surface area contributed by atoms with Crippen LogP contribution in [0.4, 0.5) is 11.4 Å². The fraction of sp³-hybridized carbons (Fsp3) is 0.208. The molecule has 0 radical (unpaired) electrons. The maximum Gasteiger partial charge on any atom is 0.267 e. The minimum atomic E-state index is -3.78. The molecular weight excluding hydrogens is 444 g/mol. The SMILES string of the molecule is COc1ccc(OC)c(NC(=O)C2CN(S(=O)(=O)Cc3ccccc3)c3ccccc3O2)c1. The van der Waals surface area contributed by atoms with Crippen molar-refractivity contribution in [3.8, 4) is 17.2 Å². The summed E-state index contributed by atoms with van der Waals surface area (Å²) in [5.74, 6) is 0.594. The molecule has 0 saturated carbocycles. The molecule has 1 heterocycles. The molecule has 0 saturated heterocycles. The quantitative estimate of drug-likeness (QED) is 0.571. The summed E-state index contributed by atoms with van der Waals surface area (Å²) >= 11 is 0. The second-order valence-electron chi connectivity index (χ2n) is 7.40. The molecule has 0 bridgehead atoms. The first-order chi connectivity index (χ1) is 15.9. The number of amides is 1. The van der Waals surface area contributed by atoms with Gasteiger partial charge >= 0.3 is 0 Å². The summed E-state index contributed by atoms with van der Waals surface area (Å²) in [6.45, 7) is -0.162. The van der Waals surface area contributed by atoms with Gasteiger partial charge in [-0.15, -0.1) is 0 Å². The van der Waals surface area contributed by atoms with E-state index in [2.05, 4.69) is 5.32 Å². The van der Waals surface area contributed by atoms with Crippen LogP contribution in [0.15, 0.2) is 72.8 Å². The fourth-order valence-corrected chi connectivity index (χ4v) is 5.17. The van der Waals surface area contributed by atoms with Crippen LogP contribution >= 0.6 is 0 Å². The standard InChI is InChI=1S/C24H24N2O6S/c1-30-18-12-13-21(31-2)19(14-18)25-24(27)23-15-26(20-10-6-7-11-22(20)32-23)33(28,29)16-17-8-4-3-5-9-17/h3-14,23H,15-16H2,1-2H3,(H,25,27). The predicted molar refractivity (Wildman–Crippen MR) is 125 cm³/mol. The zero-order valence-electron chi connectivity index (χ0n) is 18.2. The van der Waals surface area contributed by atoms with Gasteiger partial charge in [0, 0.05) is 6.07 Å². The molecule has 1 aliphatic heterocycles. The van der Waals surface area contributed by atoms with Gasteiger partial charge in [0.25, 0.3) is 5.91 Å². The molecule has 0 aliphatic carbocycles. The normalized spacial score (nSPS) is 15.2. The molecule has 1 unspecified atom stereocenters. The average Bonchev–Trinajstić information content (AvgIpc) is 2.83. The summed E-state index contributed by atoms with van der Waals surface area (Å²) in [7, 11) is -0.777. The van der Waals surface area contributed by atoms with Gasteiger partial charge in [0.05, 0.1) is 37.9 Å². The van der Waals surface area contributed by atoms with Gasteiger partial charge < -0.3 is 19.5 Å². The number of benzene rings is 3. The van der Waals surface area contributed by atoms with Crippen molar-refractivity contribution >= 4 is 27.3 Å². The van der Waals surface area contributed by atoms with Gasteiger partial charge in [-0.05, 0) is 29.8 Å². The van der Waals surface area contributed by atoms with Crippen LogP contribution in [0.2, 0.25) is 0 Å². The van der Waals surface area contributed by atoms with Gasteiger partial charge in [-0.2, -0.15) is 0 Å². The van der Waals surface area contributed by atoms with E-state index in [0.717, 1.165) is 0 Å². The molecule has 1 amide bonds. The van der Waals surface area contributed by atoms with Crippen LogP contribution in [0.25, 0.3) is 0 Å². The van der Waals surface area contributed by atoms with Crippen molar-refractivity contribution in [2.45, 2.75) is 11.9 Å². The Morgan fingerprint density at radius 3 is 2.48 bits per heavy atom. The molecule has 1 atom stereocenters. The van der Waals surface area contributed by atoms with Gasteiger partial charge in [0.2, 0.25) is 10.0 Å². The van der Waals surface area contributed by atoms with Crippen molar-refractivity contribution in [1.82, 2.24) is 0 Å². The monoisotopic (exact) mass is 468 g/mol. The van der Waals surface area contributed by atoms with Gasteiger partial charge in [-0.1, -0.05) is 42.5 Å². The number of hydrogen-bond acceptors (Lipinski definition) is 6. The number of nitrogens with one attached hydrogen (secondary N) is 1. The minimum Gasteiger partial charge on any atom is -0.497 e. The number of sulfonamides is 1. The number of nitrogens with zero attached hydrogens (tertiary/aromatic N) is 1. The lowest BCUT2D eigenvalue weighted by Crippen LogP contribution is -2.49. The third-order valence-corrected chi connectivity index (χ3v) is 6.93. The van der Waals surface area contributed by atoms with E-state index in [1.54, 1.807) is 66.7 Å². The number of carbonyl (C=O) groups excluding carboxylic acids is 1. The number of para-hydroxylation sites is 2. The number of carbonyl (C=O) groups is 1. The first-order valence-electron chi connectivity index (χ1n) is 10.2. The molecule has 1 N–H and O–H groups in total. The number of methoxy groups -OCH3 is 2. The Kier molecular flexibility index (Phi) is 6.41. The van der Waals surface area contributed by atoms with E-state index >= 15 is 0 Å². The van der Waals surface area contributed by atoms with E-state index in [1.807, 2.05) is 6.07 Å². The Labute approximate surface area is 192 Å². The summed E-state index contributed by atoms with van der Waals surface area (Å²) in [5, 5.41) is 2.77. The lowest BCUT2D eigenvalue weighted by Gasteiger charge is -2.34. The van der Waals surface area contributed by atoms with E-state index in [0.29, 0.717) is 34.2 Å². The highest BCUT2D eigenvalue weighted by atomic mass is 32.2. The van der Waals surface area contributed by atoms with Crippen LogP contribution in [0.5, 0.6) is 17.2 Å². The van der Waals surface area contributed by atoms with E-state index in [9.17, 15) is 13.2 Å². The highest BCUT2D eigenvalue weighted by molar-refractivity contribution is 7.92. The minimum absolute atomic E-state index is 0.162. The van der Waals surface area contributed by atoms with Crippen LogP contribution in [-0.2, 0) is 20.6 Å². The molecule has 33 heavy (non-hydrogen) atoms. The number of fused-ring (bicyclic) bond motifs is 1. The molecule has 9 heteroatoms. The van der Waals surface area contributed by atoms with Gasteiger partial charge in [-0.3, -0.25) is 9.10 Å². The number of rotatable bonds is 7. The lowest BCUT2D eigenvalue weighted by molar-refractivity contribution is -0.122. The topological polar surface area (TPSA) is 94.2 Å². The summed E-state index contributed by atoms with van der Waals surface area (Å²) < 4.78 is 44.3. The Hall–Kier alpha value is -3.72. The average molecular weight is 469 g/mol. The first kappa shape index (κ1) is 22.5. The van der Waals surface area contributed by atoms with Crippen molar-refractivity contribution < 1.29 is 27.4 Å². The van der Waals surface area contributed by atoms with Crippen LogP contribution in [-0.4, -0.2) is 41.2 Å². The molecule has 1 aliphatic rings. The molecule has 172 valence electrons. The highest BCUT2D eigenvalue weighted by Gasteiger charge is 2.37. The third-order valence-electron chi connectivity index (χ3n) is 5.22. The van der Waals surface area contributed by atoms with Crippen molar-refractivity contribution in [3.63, 3.8) is 0 Å². The Bertz CT molecular complexity index is 1250. The van der Waals surface area contributed by atoms with E-state index in [-0.39, 0.29) is 12.3 Å². The van der Waals surface area contributed by atoms with Gasteiger partial charge in [0.1, 0.15) is 17.2 Å². The van der Waals surface area contributed by atoms with Crippen molar-refractivity contribution in [2.75, 3.05) is 30.4 Å². The van der Waals surface area contributed by atoms with Gasteiger partial charge in [0.15, 0.2) is 6.10 Å². The first-order valence-corrected chi connectivity index (χ1v) is 11.8. The molecule has 3 aromatic carbocycles. The number of anilines is 2. The van der Waals surface area contributed by atoms with Crippen molar-refractivity contribution in [2.24, 2.45) is 0 Å². The fourth-order valence-electron chi connectivity index (χ4n) is 3.59. The smallest absolute Gasteiger partial charge is 0.267 e. The van der Waals surface area contributed by atoms with Crippen LogP contribution in [0, 0.1) is 0 Å². The largest absolute Gasteiger partial charge is 0.497 e. The number of hydrogen-bond donors (Lipinski definition) is 1. The predicted octanol–water partition coefficient (Wildman–Crippen LogP) is 3.44. The molecule has 4 rings (SSSR count). The summed E-state index contributed by atoms with van der Waals surface area (Å²) in [5.41, 5.74) is 1.45. The second-order valence-corrected chi connectivity index (χ2v) is 9.30. The summed E-state index contributed by atoms with van der Waals surface area (Å²) in [6, 6.07) is 20.7. The lowest BCUT2D eigenvalue weighted by atomic mass is 10.2. The van der Waals surface area contributed by atoms with Crippen molar-refractivity contribution in [3.05, 3.63) is 78.4 Å². The molecule has 0 fully saturated rings. The maximum atomic E-state index is 13.3. The Morgan fingerprint density at radius 1 is 1.03 bits per heavy atom.